The van der Waals surface area contributed by atoms with E-state index in [1.54, 1.807) is 24.3 Å². The Morgan fingerprint density at radius 2 is 1.88 bits per heavy atom. The third-order valence-corrected chi connectivity index (χ3v) is 3.38. The summed E-state index contributed by atoms with van der Waals surface area (Å²) >= 11 is 0. The number of rotatable bonds is 4. The molecule has 1 aromatic heterocycles. The number of benzene rings is 2. The van der Waals surface area contributed by atoms with Crippen molar-refractivity contribution in [2.75, 3.05) is 11.9 Å². The van der Waals surface area contributed by atoms with Crippen LogP contribution in [0.5, 0.6) is 0 Å². The summed E-state index contributed by atoms with van der Waals surface area (Å²) in [5, 5.41) is 12.2. The molecule has 0 aliphatic heterocycles. The van der Waals surface area contributed by atoms with Gasteiger partial charge in [-0.1, -0.05) is 12.1 Å². The Morgan fingerprint density at radius 3 is 2.60 bits per heavy atom. The molecule has 0 aliphatic carbocycles. The highest BCUT2D eigenvalue weighted by Crippen LogP contribution is 2.30. The summed E-state index contributed by atoms with van der Waals surface area (Å²) in [5.74, 6) is -1.91. The first-order valence-electron chi connectivity index (χ1n) is 7.22. The number of hydrogen-bond donors (Lipinski definition) is 1. The van der Waals surface area contributed by atoms with Gasteiger partial charge in [0.2, 0.25) is 5.76 Å². The molecule has 0 bridgehead atoms. The van der Waals surface area contributed by atoms with Gasteiger partial charge < -0.3 is 14.5 Å². The molecule has 3 rings (SSSR count). The van der Waals surface area contributed by atoms with Gasteiger partial charge in [0.15, 0.2) is 6.61 Å². The molecule has 7 heteroatoms. The maximum Gasteiger partial charge on any atom is 0.338 e. The summed E-state index contributed by atoms with van der Waals surface area (Å²) in [6, 6.07) is 13.5. The van der Waals surface area contributed by atoms with E-state index in [0.29, 0.717) is 11.0 Å². The fourth-order valence-corrected chi connectivity index (χ4v) is 2.22. The van der Waals surface area contributed by atoms with Gasteiger partial charge in [-0.3, -0.25) is 4.79 Å². The number of amides is 1. The van der Waals surface area contributed by atoms with Crippen molar-refractivity contribution in [3.05, 3.63) is 65.7 Å². The molecule has 0 unspecified atom stereocenters. The van der Waals surface area contributed by atoms with Crippen molar-refractivity contribution in [3.63, 3.8) is 0 Å². The zero-order chi connectivity index (χ0) is 17.8. The van der Waals surface area contributed by atoms with Gasteiger partial charge in [-0.05, 0) is 36.4 Å². The second-order valence-corrected chi connectivity index (χ2v) is 5.05. The maximum atomic E-state index is 12.8. The van der Waals surface area contributed by atoms with Gasteiger partial charge in [-0.15, -0.1) is 0 Å². The van der Waals surface area contributed by atoms with Gasteiger partial charge in [-0.25, -0.2) is 9.18 Å². The van der Waals surface area contributed by atoms with Gasteiger partial charge in [0, 0.05) is 5.39 Å². The van der Waals surface area contributed by atoms with Crippen LogP contribution in [-0.2, 0) is 9.53 Å². The highest BCUT2D eigenvalue weighted by Gasteiger charge is 2.17. The third-order valence-electron chi connectivity index (χ3n) is 3.38. The number of esters is 1. The second-order valence-electron chi connectivity index (χ2n) is 5.05. The van der Waals surface area contributed by atoms with Crippen molar-refractivity contribution in [1.82, 2.24) is 0 Å². The predicted octanol–water partition coefficient (Wildman–Crippen LogP) is 3.24. The minimum absolute atomic E-state index is 0.0422. The van der Waals surface area contributed by atoms with Crippen molar-refractivity contribution in [1.29, 1.82) is 5.26 Å². The first kappa shape index (κ1) is 16.2. The number of hydrogen-bond acceptors (Lipinski definition) is 5. The first-order valence-corrected chi connectivity index (χ1v) is 7.22. The number of ether oxygens (including phenoxy) is 1. The average Bonchev–Trinajstić information content (AvgIpc) is 2.98. The normalized spacial score (nSPS) is 10.2. The summed E-state index contributed by atoms with van der Waals surface area (Å²) in [5.41, 5.74) is 0.805. The number of furan rings is 1. The number of nitrogens with zero attached hydrogens (tertiary/aromatic N) is 1. The second kappa shape index (κ2) is 6.84. The molecule has 124 valence electrons. The van der Waals surface area contributed by atoms with E-state index < -0.39 is 24.3 Å². The lowest BCUT2D eigenvalue weighted by Gasteiger charge is -2.06. The van der Waals surface area contributed by atoms with Crippen LogP contribution >= 0.6 is 0 Å². The Bertz CT molecular complexity index is 986. The topological polar surface area (TPSA) is 92.3 Å². The fraction of sp³-hybridized carbons (Fsp3) is 0.0556. The molecule has 6 nitrogen and oxygen atoms in total. The molecule has 25 heavy (non-hydrogen) atoms. The molecule has 1 N–H and O–H groups in total. The zero-order valence-corrected chi connectivity index (χ0v) is 12.8. The van der Waals surface area contributed by atoms with E-state index in [1.807, 2.05) is 6.07 Å². The Balaban J connectivity index is 1.68. The van der Waals surface area contributed by atoms with Crippen LogP contribution in [0.15, 0.2) is 52.9 Å². The van der Waals surface area contributed by atoms with Gasteiger partial charge >= 0.3 is 5.97 Å². The third kappa shape index (κ3) is 3.48. The quantitative estimate of drug-likeness (QED) is 0.737. The van der Waals surface area contributed by atoms with E-state index in [9.17, 15) is 14.0 Å². The molecule has 3 aromatic rings. The molecule has 0 fully saturated rings. The largest absolute Gasteiger partial charge is 0.452 e. The lowest BCUT2D eigenvalue weighted by Crippen LogP contribution is -2.21. The van der Waals surface area contributed by atoms with Crippen LogP contribution in [0, 0.1) is 17.1 Å². The molecule has 0 spiro atoms. The molecular formula is C18H11FN2O4. The maximum absolute atomic E-state index is 12.8. The highest BCUT2D eigenvalue weighted by atomic mass is 19.1. The van der Waals surface area contributed by atoms with E-state index in [4.69, 9.17) is 14.4 Å². The molecule has 0 saturated heterocycles. The number of nitrogens with one attached hydrogen (secondary N) is 1. The Hall–Kier alpha value is -3.66. The number of halogens is 1. The van der Waals surface area contributed by atoms with Crippen LogP contribution in [0.3, 0.4) is 0 Å². The van der Waals surface area contributed by atoms with Crippen LogP contribution in [0.2, 0.25) is 0 Å². The molecular weight excluding hydrogens is 327 g/mol. The Kier molecular flexibility index (Phi) is 4.44. The molecule has 0 atom stereocenters. The summed E-state index contributed by atoms with van der Waals surface area (Å²) < 4.78 is 23.0. The van der Waals surface area contributed by atoms with Crippen molar-refractivity contribution in [2.24, 2.45) is 0 Å². The van der Waals surface area contributed by atoms with Crippen molar-refractivity contribution in [2.45, 2.75) is 0 Å². The van der Waals surface area contributed by atoms with E-state index in [0.717, 1.165) is 12.1 Å². The van der Waals surface area contributed by atoms with E-state index in [1.165, 1.54) is 12.1 Å². The molecule has 1 amide bonds. The summed E-state index contributed by atoms with van der Waals surface area (Å²) in [6.45, 7) is -0.555. The number of carbonyl (C=O) groups is 2. The molecule has 0 radical (unpaired) electrons. The van der Waals surface area contributed by atoms with E-state index >= 15 is 0 Å². The Labute approximate surface area is 141 Å². The molecule has 0 aliphatic rings. The van der Waals surface area contributed by atoms with Crippen molar-refractivity contribution < 1.29 is 23.1 Å². The number of carbonyl (C=O) groups excluding carboxylic acids is 2. The number of fused-ring (bicyclic) bond motifs is 1. The standard InChI is InChI=1S/C18H11FN2O4/c19-12-7-5-11(6-8-12)18(23)24-10-16(22)21-17-13-3-1-2-4-14(13)25-15(17)9-20/h1-8H,10H2,(H,21,22). The van der Waals surface area contributed by atoms with Crippen LogP contribution in [0.1, 0.15) is 16.1 Å². The average molecular weight is 338 g/mol. The number of anilines is 1. The monoisotopic (exact) mass is 338 g/mol. The minimum atomic E-state index is -0.757. The van der Waals surface area contributed by atoms with Crippen LogP contribution < -0.4 is 5.32 Å². The molecule has 1 heterocycles. The number of nitriles is 1. The first-order chi connectivity index (χ1) is 12.1. The highest BCUT2D eigenvalue weighted by molar-refractivity contribution is 6.03. The Morgan fingerprint density at radius 1 is 1.16 bits per heavy atom. The lowest BCUT2D eigenvalue weighted by molar-refractivity contribution is -0.119. The van der Waals surface area contributed by atoms with Gasteiger partial charge in [-0.2, -0.15) is 5.26 Å². The van der Waals surface area contributed by atoms with Gasteiger partial charge in [0.25, 0.3) is 5.91 Å². The predicted molar refractivity (Wildman–Crippen MR) is 86.2 cm³/mol. The summed E-state index contributed by atoms with van der Waals surface area (Å²) in [7, 11) is 0. The number of para-hydroxylation sites is 1. The van der Waals surface area contributed by atoms with Crippen LogP contribution in [0.4, 0.5) is 10.1 Å². The van der Waals surface area contributed by atoms with Crippen LogP contribution in [0.25, 0.3) is 11.0 Å². The summed E-state index contributed by atoms with van der Waals surface area (Å²) in [4.78, 5) is 23.8. The molecule has 2 aromatic carbocycles. The molecule has 0 saturated carbocycles. The van der Waals surface area contributed by atoms with Crippen LogP contribution in [-0.4, -0.2) is 18.5 Å². The lowest BCUT2D eigenvalue weighted by atomic mass is 10.2. The minimum Gasteiger partial charge on any atom is -0.452 e. The smallest absolute Gasteiger partial charge is 0.338 e. The van der Waals surface area contributed by atoms with Crippen molar-refractivity contribution in [3.8, 4) is 6.07 Å². The fourth-order valence-electron chi connectivity index (χ4n) is 2.22. The summed E-state index contributed by atoms with van der Waals surface area (Å²) in [6.07, 6.45) is 0. The SMILES string of the molecule is N#Cc1oc2ccccc2c1NC(=O)COC(=O)c1ccc(F)cc1. The van der Waals surface area contributed by atoms with Gasteiger partial charge in [0.1, 0.15) is 23.2 Å². The van der Waals surface area contributed by atoms with Gasteiger partial charge in [0.05, 0.1) is 5.56 Å². The zero-order valence-electron chi connectivity index (χ0n) is 12.8. The van der Waals surface area contributed by atoms with E-state index in [2.05, 4.69) is 5.32 Å². The van der Waals surface area contributed by atoms with Crippen molar-refractivity contribution >= 4 is 28.5 Å². The van der Waals surface area contributed by atoms with E-state index in [-0.39, 0.29) is 17.0 Å².